The van der Waals surface area contributed by atoms with Crippen LogP contribution in [-0.2, 0) is 5.41 Å². The van der Waals surface area contributed by atoms with Crippen molar-refractivity contribution in [1.82, 2.24) is 9.97 Å². The Morgan fingerprint density at radius 2 is 0.912 bits per heavy atom. The highest BCUT2D eigenvalue weighted by molar-refractivity contribution is 6.20. The molecule has 0 unspecified atom stereocenters. The number of nitrogens with zero attached hydrogens (tertiary/aromatic N) is 2. The zero-order chi connectivity index (χ0) is 38.1. The fourth-order valence-corrected chi connectivity index (χ4v) is 9.13. The third-order valence-electron chi connectivity index (χ3n) is 12.1. The fraction of sp³-hybridized carbons (Fsp3) is 0.0545. The van der Waals surface area contributed by atoms with Crippen LogP contribution in [0.25, 0.3) is 99.6 Å². The van der Waals surface area contributed by atoms with Crippen LogP contribution in [0.2, 0.25) is 0 Å². The number of aromatic nitrogens is 2. The first-order chi connectivity index (χ1) is 28.0. The smallest absolute Gasteiger partial charge is 0.160 e. The number of hydrogen-bond donors (Lipinski definition) is 0. The van der Waals surface area contributed by atoms with Crippen molar-refractivity contribution in [2.24, 2.45) is 0 Å². The molecule has 2 heteroatoms. The van der Waals surface area contributed by atoms with Crippen molar-refractivity contribution in [3.05, 3.63) is 205 Å². The van der Waals surface area contributed by atoms with Crippen LogP contribution in [0, 0.1) is 0 Å². The lowest BCUT2D eigenvalue weighted by atomic mass is 9.82. The van der Waals surface area contributed by atoms with E-state index in [1.807, 2.05) is 0 Å². The molecule has 9 aromatic carbocycles. The number of rotatable bonds is 5. The predicted molar refractivity (Wildman–Crippen MR) is 239 cm³/mol. The second-order valence-electron chi connectivity index (χ2n) is 15.8. The SMILES string of the molecule is CC1(C)c2ccccc2-c2cc(-c3cc(-c4ccc(-c5c6ccccc6cc6c5ccc5ccccc56)cc4)nc(-c4ccc(-c5ccccc5)cc4)n3)ccc21. The molecule has 0 N–H and O–H groups in total. The standard InChI is InChI=1S/C55H38N2/c1-55(2)49-19-11-10-18-45(49)48-33-42(29-31-50(48)55)52-34-51(56-54(57-52)40-26-20-36(21-27-40)35-12-4-3-5-13-35)38-22-24-39(25-23-38)53-44-17-9-7-15-41(44)32-47-43-16-8-6-14-37(43)28-30-46(47)53/h3-34H,1-2H3. The zero-order valence-corrected chi connectivity index (χ0v) is 31.9. The Kier molecular flexibility index (Phi) is 7.55. The molecule has 268 valence electrons. The number of hydrogen-bond acceptors (Lipinski definition) is 2. The van der Waals surface area contributed by atoms with Gasteiger partial charge >= 0.3 is 0 Å². The zero-order valence-electron chi connectivity index (χ0n) is 31.9. The van der Waals surface area contributed by atoms with Gasteiger partial charge in [0.05, 0.1) is 11.4 Å². The van der Waals surface area contributed by atoms with E-state index in [-0.39, 0.29) is 5.41 Å². The Bertz CT molecular complexity index is 3180. The summed E-state index contributed by atoms with van der Waals surface area (Å²) in [6.07, 6.45) is 0. The molecule has 2 nitrogen and oxygen atoms in total. The summed E-state index contributed by atoms with van der Waals surface area (Å²) in [7, 11) is 0. The number of fused-ring (bicyclic) bond motifs is 7. The molecule has 57 heavy (non-hydrogen) atoms. The summed E-state index contributed by atoms with van der Waals surface area (Å²) < 4.78 is 0. The monoisotopic (exact) mass is 726 g/mol. The normalized spacial score (nSPS) is 12.9. The van der Waals surface area contributed by atoms with Crippen LogP contribution in [0.1, 0.15) is 25.0 Å². The number of benzene rings is 9. The summed E-state index contributed by atoms with van der Waals surface area (Å²) in [6.45, 7) is 4.65. The van der Waals surface area contributed by atoms with Gasteiger partial charge < -0.3 is 0 Å². The van der Waals surface area contributed by atoms with Crippen molar-refractivity contribution in [1.29, 1.82) is 0 Å². The van der Waals surface area contributed by atoms with Crippen LogP contribution in [0.3, 0.4) is 0 Å². The summed E-state index contributed by atoms with van der Waals surface area (Å²) in [5.74, 6) is 0.708. The molecule has 0 amide bonds. The molecule has 0 saturated carbocycles. The van der Waals surface area contributed by atoms with Crippen LogP contribution >= 0.6 is 0 Å². The lowest BCUT2D eigenvalue weighted by Crippen LogP contribution is -2.14. The minimum Gasteiger partial charge on any atom is -0.228 e. The quantitative estimate of drug-likeness (QED) is 0.130. The van der Waals surface area contributed by atoms with Crippen LogP contribution in [0.4, 0.5) is 0 Å². The van der Waals surface area contributed by atoms with Crippen LogP contribution in [-0.4, -0.2) is 9.97 Å². The molecule has 11 rings (SSSR count). The summed E-state index contributed by atoms with van der Waals surface area (Å²) in [5.41, 5.74) is 14.9. The van der Waals surface area contributed by atoms with E-state index in [9.17, 15) is 0 Å². The maximum Gasteiger partial charge on any atom is 0.160 e. The Morgan fingerprint density at radius 1 is 0.333 bits per heavy atom. The maximum atomic E-state index is 5.27. The molecular formula is C55H38N2. The van der Waals surface area contributed by atoms with Crippen molar-refractivity contribution in [3.8, 4) is 67.3 Å². The summed E-state index contributed by atoms with van der Waals surface area (Å²) >= 11 is 0. The summed E-state index contributed by atoms with van der Waals surface area (Å²) in [6, 6.07) is 70.2. The highest BCUT2D eigenvalue weighted by Crippen LogP contribution is 2.49. The Morgan fingerprint density at radius 3 is 1.72 bits per heavy atom. The average Bonchev–Trinajstić information content (AvgIpc) is 3.51. The molecule has 1 heterocycles. The lowest BCUT2D eigenvalue weighted by Gasteiger charge is -2.21. The van der Waals surface area contributed by atoms with Gasteiger partial charge in [0.1, 0.15) is 0 Å². The van der Waals surface area contributed by atoms with Gasteiger partial charge in [-0.05, 0) is 95.0 Å². The van der Waals surface area contributed by atoms with Gasteiger partial charge in [-0.15, -0.1) is 0 Å². The van der Waals surface area contributed by atoms with E-state index in [0.29, 0.717) is 5.82 Å². The molecule has 1 aliphatic carbocycles. The van der Waals surface area contributed by atoms with Crippen LogP contribution in [0.5, 0.6) is 0 Å². The van der Waals surface area contributed by atoms with Gasteiger partial charge in [0.2, 0.25) is 0 Å². The maximum absolute atomic E-state index is 5.27. The van der Waals surface area contributed by atoms with Crippen LogP contribution < -0.4 is 0 Å². The van der Waals surface area contributed by atoms with E-state index in [0.717, 1.165) is 28.1 Å². The molecule has 0 spiro atoms. The third kappa shape index (κ3) is 5.48. The highest BCUT2D eigenvalue weighted by Gasteiger charge is 2.35. The van der Waals surface area contributed by atoms with Crippen molar-refractivity contribution < 1.29 is 0 Å². The minimum atomic E-state index is -0.0583. The largest absolute Gasteiger partial charge is 0.228 e. The molecule has 0 aliphatic heterocycles. The van der Waals surface area contributed by atoms with Crippen molar-refractivity contribution in [2.75, 3.05) is 0 Å². The van der Waals surface area contributed by atoms with Gasteiger partial charge in [-0.25, -0.2) is 9.97 Å². The second kappa shape index (κ2) is 13.0. The molecule has 1 aliphatic rings. The third-order valence-corrected chi connectivity index (χ3v) is 12.1. The van der Waals surface area contributed by atoms with E-state index in [4.69, 9.17) is 9.97 Å². The fourth-order valence-electron chi connectivity index (χ4n) is 9.13. The Hall–Kier alpha value is -7.16. The van der Waals surface area contributed by atoms with Gasteiger partial charge in [0.15, 0.2) is 5.82 Å². The Labute approximate surface area is 332 Å². The topological polar surface area (TPSA) is 25.8 Å². The first kappa shape index (κ1) is 33.2. The molecule has 0 saturated heterocycles. The van der Waals surface area contributed by atoms with E-state index in [1.54, 1.807) is 0 Å². The van der Waals surface area contributed by atoms with Crippen LogP contribution in [0.15, 0.2) is 194 Å². The molecule has 10 aromatic rings. The summed E-state index contributed by atoms with van der Waals surface area (Å²) in [4.78, 5) is 10.5. The van der Waals surface area contributed by atoms with E-state index < -0.39 is 0 Å². The molecule has 0 bridgehead atoms. The highest BCUT2D eigenvalue weighted by atomic mass is 14.9. The van der Waals surface area contributed by atoms with Gasteiger partial charge in [0, 0.05) is 22.1 Å². The average molecular weight is 727 g/mol. The predicted octanol–water partition coefficient (Wildman–Crippen LogP) is 14.6. The lowest BCUT2D eigenvalue weighted by molar-refractivity contribution is 0.660. The van der Waals surface area contributed by atoms with Gasteiger partial charge in [0.25, 0.3) is 0 Å². The summed E-state index contributed by atoms with van der Waals surface area (Å²) in [5, 5.41) is 7.55. The van der Waals surface area contributed by atoms with Gasteiger partial charge in [-0.1, -0.05) is 190 Å². The molecule has 1 aromatic heterocycles. The minimum absolute atomic E-state index is 0.0583. The first-order valence-electron chi connectivity index (χ1n) is 19.7. The van der Waals surface area contributed by atoms with Gasteiger partial charge in [-0.2, -0.15) is 0 Å². The molecule has 0 fully saturated rings. The first-order valence-corrected chi connectivity index (χ1v) is 19.7. The van der Waals surface area contributed by atoms with E-state index in [1.165, 1.54) is 76.8 Å². The van der Waals surface area contributed by atoms with Crippen molar-refractivity contribution in [2.45, 2.75) is 19.3 Å². The van der Waals surface area contributed by atoms with Gasteiger partial charge in [-0.3, -0.25) is 0 Å². The second-order valence-corrected chi connectivity index (χ2v) is 15.8. The van der Waals surface area contributed by atoms with E-state index in [2.05, 4.69) is 208 Å². The Balaban J connectivity index is 1.06. The van der Waals surface area contributed by atoms with Crippen molar-refractivity contribution in [3.63, 3.8) is 0 Å². The molecule has 0 atom stereocenters. The molecular weight excluding hydrogens is 689 g/mol. The molecule has 0 radical (unpaired) electrons. The van der Waals surface area contributed by atoms with E-state index >= 15 is 0 Å². The van der Waals surface area contributed by atoms with Crippen molar-refractivity contribution >= 4 is 32.3 Å².